The van der Waals surface area contributed by atoms with Crippen molar-refractivity contribution in [3.63, 3.8) is 0 Å². The van der Waals surface area contributed by atoms with Gasteiger partial charge in [0.05, 0.1) is 19.2 Å². The number of carbonyl (C=O) groups excluding carboxylic acids is 1. The van der Waals surface area contributed by atoms with Crippen LogP contribution < -0.4 is 10.1 Å². The number of anilines is 1. The fraction of sp³-hybridized carbons (Fsp3) is 0.240. The Kier molecular flexibility index (Phi) is 6.01. The van der Waals surface area contributed by atoms with Gasteiger partial charge in [0.2, 0.25) is 0 Å². The van der Waals surface area contributed by atoms with E-state index in [9.17, 15) is 4.79 Å². The molecule has 1 aliphatic heterocycles. The number of H-pyrrole nitrogens is 1. The van der Waals surface area contributed by atoms with Crippen LogP contribution in [-0.4, -0.2) is 58.9 Å². The number of methoxy groups -OCH3 is 1. The van der Waals surface area contributed by atoms with Crippen LogP contribution in [0.2, 0.25) is 0 Å². The number of hydrogen-bond acceptors (Lipinski definition) is 6. The Morgan fingerprint density at radius 2 is 2.00 bits per heavy atom. The van der Waals surface area contributed by atoms with E-state index in [-0.39, 0.29) is 5.91 Å². The van der Waals surface area contributed by atoms with Gasteiger partial charge in [-0.15, -0.1) is 0 Å². The van der Waals surface area contributed by atoms with Crippen LogP contribution in [0.3, 0.4) is 0 Å². The number of ether oxygens (including phenoxy) is 2. The Morgan fingerprint density at radius 1 is 1.18 bits per heavy atom. The first-order valence-corrected chi connectivity index (χ1v) is 10.9. The zero-order valence-electron chi connectivity index (χ0n) is 18.3. The van der Waals surface area contributed by atoms with Gasteiger partial charge in [0.1, 0.15) is 17.5 Å². The first-order chi connectivity index (χ1) is 16.2. The fourth-order valence-corrected chi connectivity index (χ4v) is 4.04. The third-order valence-electron chi connectivity index (χ3n) is 5.79. The summed E-state index contributed by atoms with van der Waals surface area (Å²) in [5.41, 5.74) is 4.57. The van der Waals surface area contributed by atoms with E-state index in [1.54, 1.807) is 19.5 Å². The van der Waals surface area contributed by atoms with E-state index in [0.717, 1.165) is 41.0 Å². The molecule has 0 bridgehead atoms. The summed E-state index contributed by atoms with van der Waals surface area (Å²) in [4.78, 5) is 19.3. The maximum Gasteiger partial charge on any atom is 0.254 e. The number of hydrogen-bond donors (Lipinski definition) is 2. The second kappa shape index (κ2) is 9.40. The highest BCUT2D eigenvalue weighted by Crippen LogP contribution is 2.28. The summed E-state index contributed by atoms with van der Waals surface area (Å²) in [6, 6.07) is 17.5. The predicted octanol–water partition coefficient (Wildman–Crippen LogP) is 3.47. The molecule has 1 fully saturated rings. The molecule has 1 unspecified atom stereocenters. The minimum atomic E-state index is -0.531. The summed E-state index contributed by atoms with van der Waals surface area (Å²) in [6.07, 6.45) is 2.94. The largest absolute Gasteiger partial charge is 0.497 e. The lowest BCUT2D eigenvalue weighted by Gasteiger charge is -2.32. The number of morpholine rings is 1. The summed E-state index contributed by atoms with van der Waals surface area (Å²) < 4.78 is 11.0. The molecule has 1 atom stereocenters. The van der Waals surface area contributed by atoms with Gasteiger partial charge in [-0.05, 0) is 48.0 Å². The molecule has 1 aliphatic rings. The Morgan fingerprint density at radius 3 is 2.79 bits per heavy atom. The van der Waals surface area contributed by atoms with E-state index < -0.39 is 6.10 Å². The second-order valence-electron chi connectivity index (χ2n) is 8.00. The van der Waals surface area contributed by atoms with Gasteiger partial charge < -0.3 is 14.8 Å². The monoisotopic (exact) mass is 443 g/mol. The van der Waals surface area contributed by atoms with Crippen molar-refractivity contribution in [2.24, 2.45) is 0 Å². The van der Waals surface area contributed by atoms with E-state index in [1.165, 1.54) is 5.56 Å². The molecule has 168 valence electrons. The molecule has 2 aromatic heterocycles. The quantitative estimate of drug-likeness (QED) is 0.474. The molecule has 5 rings (SSSR count). The molecule has 3 heterocycles. The number of fused-ring (bicyclic) bond motifs is 1. The summed E-state index contributed by atoms with van der Waals surface area (Å²) in [5, 5.41) is 11.4. The normalized spacial score (nSPS) is 16.6. The molecular formula is C25H25N5O3. The maximum absolute atomic E-state index is 13.0. The van der Waals surface area contributed by atoms with Crippen molar-refractivity contribution < 1.29 is 14.3 Å². The van der Waals surface area contributed by atoms with Crippen molar-refractivity contribution >= 4 is 22.5 Å². The number of aromatic nitrogens is 3. The molecule has 8 nitrogen and oxygen atoms in total. The molecule has 2 aromatic carbocycles. The van der Waals surface area contributed by atoms with Gasteiger partial charge in [0.25, 0.3) is 5.91 Å². The van der Waals surface area contributed by atoms with Crippen LogP contribution >= 0.6 is 0 Å². The number of carbonyl (C=O) groups is 1. The lowest BCUT2D eigenvalue weighted by molar-refractivity contribution is -0.133. The average molecular weight is 444 g/mol. The standard InChI is InChI=1S/C25H25N5O3/c1-32-20-5-2-17(3-6-20)15-30-12-13-33-23(16-30)25(31)27-19-4-7-22-21(14-19)24(29-28-22)18-8-10-26-11-9-18/h2-11,14,23H,12-13,15-16H2,1H3,(H,27,31)(H,28,29). The van der Waals surface area contributed by atoms with Crippen molar-refractivity contribution in [1.82, 2.24) is 20.1 Å². The van der Waals surface area contributed by atoms with E-state index >= 15 is 0 Å². The fourth-order valence-electron chi connectivity index (χ4n) is 4.04. The molecule has 0 saturated carbocycles. The maximum atomic E-state index is 13.0. The van der Waals surface area contributed by atoms with Gasteiger partial charge in [0, 0.05) is 48.7 Å². The third kappa shape index (κ3) is 4.72. The molecule has 0 spiro atoms. The van der Waals surface area contributed by atoms with E-state index in [0.29, 0.717) is 18.8 Å². The van der Waals surface area contributed by atoms with Crippen LogP contribution in [0.4, 0.5) is 5.69 Å². The summed E-state index contributed by atoms with van der Waals surface area (Å²) in [7, 11) is 1.66. The minimum Gasteiger partial charge on any atom is -0.497 e. The molecule has 2 N–H and O–H groups in total. The summed E-state index contributed by atoms with van der Waals surface area (Å²) in [6.45, 7) is 2.59. The number of pyridine rings is 1. The van der Waals surface area contributed by atoms with Crippen LogP contribution in [0.15, 0.2) is 67.0 Å². The third-order valence-corrected chi connectivity index (χ3v) is 5.79. The lowest BCUT2D eigenvalue weighted by Crippen LogP contribution is -2.47. The highest BCUT2D eigenvalue weighted by Gasteiger charge is 2.27. The molecule has 0 radical (unpaired) electrons. The summed E-state index contributed by atoms with van der Waals surface area (Å²) >= 11 is 0. The van der Waals surface area contributed by atoms with Crippen LogP contribution in [0.25, 0.3) is 22.2 Å². The zero-order valence-corrected chi connectivity index (χ0v) is 18.3. The SMILES string of the molecule is COc1ccc(CN2CCOC(C(=O)Nc3ccc4[nH]nc(-c5ccncc5)c4c3)C2)cc1. The number of benzene rings is 2. The Balaban J connectivity index is 1.26. The van der Waals surface area contributed by atoms with Crippen molar-refractivity contribution in [2.75, 3.05) is 32.1 Å². The van der Waals surface area contributed by atoms with Gasteiger partial charge in [0.15, 0.2) is 0 Å². The van der Waals surface area contributed by atoms with Gasteiger partial charge in [-0.2, -0.15) is 5.10 Å². The van der Waals surface area contributed by atoms with Crippen molar-refractivity contribution in [3.8, 4) is 17.0 Å². The van der Waals surface area contributed by atoms with Gasteiger partial charge in [-0.25, -0.2) is 0 Å². The predicted molar refractivity (Wildman–Crippen MR) is 126 cm³/mol. The van der Waals surface area contributed by atoms with Crippen molar-refractivity contribution in [3.05, 3.63) is 72.6 Å². The Hall–Kier alpha value is -3.75. The zero-order chi connectivity index (χ0) is 22.6. The number of nitrogens with zero attached hydrogens (tertiary/aromatic N) is 3. The minimum absolute atomic E-state index is 0.150. The van der Waals surface area contributed by atoms with Gasteiger partial charge in [-0.1, -0.05) is 12.1 Å². The van der Waals surface area contributed by atoms with Crippen LogP contribution in [0.1, 0.15) is 5.56 Å². The molecule has 8 heteroatoms. The molecule has 33 heavy (non-hydrogen) atoms. The van der Waals surface area contributed by atoms with Gasteiger partial charge in [-0.3, -0.25) is 19.8 Å². The summed E-state index contributed by atoms with van der Waals surface area (Å²) in [5.74, 6) is 0.683. The highest BCUT2D eigenvalue weighted by atomic mass is 16.5. The molecule has 1 amide bonds. The topological polar surface area (TPSA) is 92.4 Å². The Bertz CT molecular complexity index is 1240. The van der Waals surface area contributed by atoms with Gasteiger partial charge >= 0.3 is 0 Å². The number of rotatable bonds is 6. The van der Waals surface area contributed by atoms with Crippen LogP contribution in [0, 0.1) is 0 Å². The number of nitrogens with one attached hydrogen (secondary N) is 2. The van der Waals surface area contributed by atoms with E-state index in [1.807, 2.05) is 54.6 Å². The first-order valence-electron chi connectivity index (χ1n) is 10.9. The molecular weight excluding hydrogens is 418 g/mol. The Labute approximate surface area is 191 Å². The average Bonchev–Trinajstić information content (AvgIpc) is 3.28. The molecule has 4 aromatic rings. The second-order valence-corrected chi connectivity index (χ2v) is 8.00. The van der Waals surface area contributed by atoms with Crippen LogP contribution in [0.5, 0.6) is 5.75 Å². The highest BCUT2D eigenvalue weighted by molar-refractivity contribution is 5.99. The van der Waals surface area contributed by atoms with E-state index in [4.69, 9.17) is 9.47 Å². The number of amides is 1. The molecule has 0 aliphatic carbocycles. The van der Waals surface area contributed by atoms with Crippen LogP contribution in [-0.2, 0) is 16.1 Å². The van der Waals surface area contributed by atoms with E-state index in [2.05, 4.69) is 25.4 Å². The lowest BCUT2D eigenvalue weighted by atomic mass is 10.1. The first kappa shape index (κ1) is 21.1. The van der Waals surface area contributed by atoms with Crippen molar-refractivity contribution in [1.29, 1.82) is 0 Å². The number of aromatic amines is 1. The van der Waals surface area contributed by atoms with Crippen molar-refractivity contribution in [2.45, 2.75) is 12.6 Å². The molecule has 1 saturated heterocycles. The smallest absolute Gasteiger partial charge is 0.254 e.